The number of halogens is 1. The number of piperazine rings is 1. The summed E-state index contributed by atoms with van der Waals surface area (Å²) in [5.41, 5.74) is 1.58. The van der Waals surface area contributed by atoms with E-state index < -0.39 is 11.9 Å². The number of carboxylic acid groups (broad SMARTS) is 2. The smallest absolute Gasteiger partial charge is 0.414 e. The maximum absolute atomic E-state index is 12.9. The molecule has 9 heteroatoms. The van der Waals surface area contributed by atoms with Crippen molar-refractivity contribution >= 4 is 17.8 Å². The van der Waals surface area contributed by atoms with Crippen LogP contribution in [-0.2, 0) is 16.1 Å². The first-order valence-corrected chi connectivity index (χ1v) is 8.50. The number of carbonyl (C=O) groups is 3. The topological polar surface area (TPSA) is 111 Å². The summed E-state index contributed by atoms with van der Waals surface area (Å²) >= 11 is 0. The molecule has 1 amide bonds. The van der Waals surface area contributed by atoms with Crippen LogP contribution in [0, 0.1) is 5.82 Å². The van der Waals surface area contributed by atoms with E-state index in [4.69, 9.17) is 19.8 Å². The van der Waals surface area contributed by atoms with Crippen molar-refractivity contribution < 1.29 is 29.0 Å². The van der Waals surface area contributed by atoms with Gasteiger partial charge < -0.3 is 15.1 Å². The number of amides is 1. The highest BCUT2D eigenvalue weighted by Gasteiger charge is 2.22. The molecular formula is C19H20FN3O5. The van der Waals surface area contributed by atoms with Gasteiger partial charge >= 0.3 is 11.9 Å². The van der Waals surface area contributed by atoms with Gasteiger partial charge in [0.25, 0.3) is 5.91 Å². The molecule has 1 aliphatic rings. The van der Waals surface area contributed by atoms with Crippen LogP contribution in [0.4, 0.5) is 4.39 Å². The lowest BCUT2D eigenvalue weighted by molar-refractivity contribution is -0.159. The zero-order valence-corrected chi connectivity index (χ0v) is 15.0. The highest BCUT2D eigenvalue weighted by atomic mass is 19.1. The molecule has 0 saturated carbocycles. The standard InChI is InChI=1S/C17H18FN3O.C2H2O4/c18-15-6-4-14(5-7-15)17(22)21-11-9-20(10-12-21)13-16-3-1-2-8-19-16;3-1(4)2(5)6/h1-8H,9-13H2;(H,3,4)(H,5,6). The van der Waals surface area contributed by atoms with Crippen LogP contribution in [0.2, 0.25) is 0 Å². The fourth-order valence-corrected chi connectivity index (χ4v) is 2.60. The van der Waals surface area contributed by atoms with Crippen molar-refractivity contribution in [1.82, 2.24) is 14.8 Å². The summed E-state index contributed by atoms with van der Waals surface area (Å²) in [6.45, 7) is 3.82. The van der Waals surface area contributed by atoms with Gasteiger partial charge in [-0.25, -0.2) is 14.0 Å². The minimum atomic E-state index is -1.82. The van der Waals surface area contributed by atoms with Crippen LogP contribution in [0.1, 0.15) is 16.1 Å². The first kappa shape index (κ1) is 21.0. The summed E-state index contributed by atoms with van der Waals surface area (Å²) in [6, 6.07) is 11.6. The van der Waals surface area contributed by atoms with Gasteiger partial charge in [-0.2, -0.15) is 0 Å². The number of carboxylic acids is 2. The molecule has 0 atom stereocenters. The highest BCUT2D eigenvalue weighted by Crippen LogP contribution is 2.11. The minimum absolute atomic E-state index is 0.0301. The number of hydrogen-bond acceptors (Lipinski definition) is 5. The molecule has 1 aromatic heterocycles. The molecule has 2 N–H and O–H groups in total. The van der Waals surface area contributed by atoms with Gasteiger partial charge in [0.15, 0.2) is 0 Å². The molecule has 0 unspecified atom stereocenters. The van der Waals surface area contributed by atoms with E-state index in [1.165, 1.54) is 24.3 Å². The Kier molecular flexibility index (Phi) is 7.58. The van der Waals surface area contributed by atoms with Crippen LogP contribution in [0.3, 0.4) is 0 Å². The average Bonchev–Trinajstić information content (AvgIpc) is 2.70. The summed E-state index contributed by atoms with van der Waals surface area (Å²) in [7, 11) is 0. The lowest BCUT2D eigenvalue weighted by Crippen LogP contribution is -2.48. The largest absolute Gasteiger partial charge is 0.473 e. The molecule has 1 aromatic carbocycles. The van der Waals surface area contributed by atoms with Crippen molar-refractivity contribution in [2.75, 3.05) is 26.2 Å². The molecule has 28 heavy (non-hydrogen) atoms. The summed E-state index contributed by atoms with van der Waals surface area (Å²) < 4.78 is 12.9. The van der Waals surface area contributed by atoms with Gasteiger partial charge in [-0.15, -0.1) is 0 Å². The Labute approximate surface area is 160 Å². The highest BCUT2D eigenvalue weighted by molar-refractivity contribution is 6.27. The first-order chi connectivity index (χ1) is 13.4. The molecule has 0 radical (unpaired) electrons. The molecule has 0 bridgehead atoms. The number of benzene rings is 1. The van der Waals surface area contributed by atoms with Crippen molar-refractivity contribution in [2.24, 2.45) is 0 Å². The van der Waals surface area contributed by atoms with Crippen molar-refractivity contribution in [3.63, 3.8) is 0 Å². The van der Waals surface area contributed by atoms with Gasteiger partial charge in [0, 0.05) is 44.5 Å². The quantitative estimate of drug-likeness (QED) is 0.762. The monoisotopic (exact) mass is 389 g/mol. The zero-order valence-electron chi connectivity index (χ0n) is 15.0. The number of hydrogen-bond donors (Lipinski definition) is 2. The molecule has 1 fully saturated rings. The van der Waals surface area contributed by atoms with E-state index in [0.29, 0.717) is 18.7 Å². The third-order valence-corrected chi connectivity index (χ3v) is 4.05. The van der Waals surface area contributed by atoms with Crippen LogP contribution in [-0.4, -0.2) is 69.0 Å². The van der Waals surface area contributed by atoms with Crippen molar-refractivity contribution in [3.05, 3.63) is 65.7 Å². The Morgan fingerprint density at radius 2 is 1.54 bits per heavy atom. The maximum atomic E-state index is 12.9. The summed E-state index contributed by atoms with van der Waals surface area (Å²) in [4.78, 5) is 39.0. The second kappa shape index (κ2) is 10.1. The van der Waals surface area contributed by atoms with Crippen LogP contribution >= 0.6 is 0 Å². The predicted octanol–water partition coefficient (Wildman–Crippen LogP) is 1.33. The molecule has 0 aliphatic carbocycles. The number of aromatic nitrogens is 1. The Morgan fingerprint density at radius 1 is 0.929 bits per heavy atom. The van der Waals surface area contributed by atoms with Crippen molar-refractivity contribution in [1.29, 1.82) is 0 Å². The molecule has 1 saturated heterocycles. The molecule has 8 nitrogen and oxygen atoms in total. The van der Waals surface area contributed by atoms with E-state index in [1.54, 1.807) is 6.20 Å². The molecule has 2 aromatic rings. The Bertz CT molecular complexity index is 794. The number of nitrogens with zero attached hydrogens (tertiary/aromatic N) is 3. The lowest BCUT2D eigenvalue weighted by Gasteiger charge is -2.34. The number of carbonyl (C=O) groups excluding carboxylic acids is 1. The predicted molar refractivity (Wildman–Crippen MR) is 97.1 cm³/mol. The van der Waals surface area contributed by atoms with Gasteiger partial charge in [0.05, 0.1) is 5.69 Å². The fourth-order valence-electron chi connectivity index (χ4n) is 2.60. The van der Waals surface area contributed by atoms with Crippen molar-refractivity contribution in [3.8, 4) is 0 Å². The number of pyridine rings is 1. The molecule has 2 heterocycles. The van der Waals surface area contributed by atoms with Gasteiger partial charge in [-0.05, 0) is 36.4 Å². The summed E-state index contributed by atoms with van der Waals surface area (Å²) in [5, 5.41) is 14.8. The Morgan fingerprint density at radius 3 is 2.04 bits per heavy atom. The molecule has 1 aliphatic heterocycles. The van der Waals surface area contributed by atoms with Crippen LogP contribution in [0.25, 0.3) is 0 Å². The molecule has 148 valence electrons. The van der Waals surface area contributed by atoms with E-state index in [-0.39, 0.29) is 11.7 Å². The van der Waals surface area contributed by atoms with E-state index in [0.717, 1.165) is 25.3 Å². The van der Waals surface area contributed by atoms with Crippen LogP contribution in [0.5, 0.6) is 0 Å². The van der Waals surface area contributed by atoms with Gasteiger partial charge in [0.1, 0.15) is 5.82 Å². The van der Waals surface area contributed by atoms with E-state index in [2.05, 4.69) is 9.88 Å². The fraction of sp³-hybridized carbons (Fsp3) is 0.263. The van der Waals surface area contributed by atoms with Crippen LogP contribution in [0.15, 0.2) is 48.7 Å². The lowest BCUT2D eigenvalue weighted by atomic mass is 10.1. The second-order valence-corrected chi connectivity index (χ2v) is 6.01. The summed E-state index contributed by atoms with van der Waals surface area (Å²) in [5.74, 6) is -4.00. The van der Waals surface area contributed by atoms with Gasteiger partial charge in [-0.3, -0.25) is 14.7 Å². The van der Waals surface area contributed by atoms with Crippen molar-refractivity contribution in [2.45, 2.75) is 6.54 Å². The number of rotatable bonds is 3. The average molecular weight is 389 g/mol. The third-order valence-electron chi connectivity index (χ3n) is 4.05. The Hall–Kier alpha value is -3.33. The normalized spacial score (nSPS) is 14.0. The van der Waals surface area contributed by atoms with E-state index >= 15 is 0 Å². The van der Waals surface area contributed by atoms with E-state index in [9.17, 15) is 9.18 Å². The minimum Gasteiger partial charge on any atom is -0.473 e. The molecule has 3 rings (SSSR count). The Balaban J connectivity index is 0.000000409. The molecule has 0 spiro atoms. The van der Waals surface area contributed by atoms with Gasteiger partial charge in [0.2, 0.25) is 0 Å². The zero-order chi connectivity index (χ0) is 20.5. The maximum Gasteiger partial charge on any atom is 0.414 e. The summed E-state index contributed by atoms with van der Waals surface area (Å²) in [6.07, 6.45) is 1.80. The molecular weight excluding hydrogens is 369 g/mol. The van der Waals surface area contributed by atoms with Crippen LogP contribution < -0.4 is 0 Å². The number of aliphatic carboxylic acids is 2. The first-order valence-electron chi connectivity index (χ1n) is 8.50. The second-order valence-electron chi connectivity index (χ2n) is 6.01. The van der Waals surface area contributed by atoms with Gasteiger partial charge in [-0.1, -0.05) is 6.07 Å². The SMILES string of the molecule is O=C(O)C(=O)O.O=C(c1ccc(F)cc1)N1CCN(Cc2ccccn2)CC1. The van der Waals surface area contributed by atoms with E-state index in [1.807, 2.05) is 23.1 Å². The third kappa shape index (κ3) is 6.44.